The number of carbonyl (C=O) groups excluding carboxylic acids is 2. The molecule has 1 aromatic heterocycles. The molecule has 0 radical (unpaired) electrons. The number of benzene rings is 2. The summed E-state index contributed by atoms with van der Waals surface area (Å²) in [5, 5.41) is 20.6. The van der Waals surface area contributed by atoms with Crippen LogP contribution in [0.3, 0.4) is 0 Å². The summed E-state index contributed by atoms with van der Waals surface area (Å²) in [6.45, 7) is 2.09. The summed E-state index contributed by atoms with van der Waals surface area (Å²) >= 11 is 0. The Morgan fingerprint density at radius 2 is 1.73 bits per heavy atom. The van der Waals surface area contributed by atoms with Crippen LogP contribution in [0.25, 0.3) is 11.6 Å². The maximum atomic E-state index is 13.8. The highest BCUT2D eigenvalue weighted by Gasteiger charge is 2.53. The number of hydrogen-bond acceptors (Lipinski definition) is 6. The zero-order chi connectivity index (χ0) is 27.8. The highest BCUT2D eigenvalue weighted by atomic mass is 16.5. The Morgan fingerprint density at radius 1 is 1.00 bits per heavy atom. The van der Waals surface area contributed by atoms with E-state index in [2.05, 4.69) is 18.0 Å². The monoisotopic (exact) mass is 533 g/mol. The third-order valence-corrected chi connectivity index (χ3v) is 8.69. The molecule has 6 rings (SSSR count). The highest BCUT2D eigenvalue weighted by Crippen LogP contribution is 2.51. The standard InChI is InChI=1S/C33H32BNO5/c1-2-21-18-26-31(33(38)25-8-4-3-7-24(25)32(26)37)27-19-34(39)40-29(30(21)27)15-12-22(28-9-5-6-16-35-28)17-20-10-13-23(36)14-11-20/h3-11,13-14,16-17,26-27,29,31,36,39H,2,12,15,18-19H2,1H3/b22-17-/t26-,27+,29-,31-/m1/s1. The third kappa shape index (κ3) is 4.84. The molecule has 7 heteroatoms. The van der Waals surface area contributed by atoms with Crippen LogP contribution in [0.1, 0.15) is 64.6 Å². The Morgan fingerprint density at radius 3 is 2.42 bits per heavy atom. The smallest absolute Gasteiger partial charge is 0.455 e. The van der Waals surface area contributed by atoms with Crippen molar-refractivity contribution in [1.82, 2.24) is 4.98 Å². The van der Waals surface area contributed by atoms with Gasteiger partial charge >= 0.3 is 7.12 Å². The Kier molecular flexibility index (Phi) is 7.26. The lowest BCUT2D eigenvalue weighted by Gasteiger charge is -2.47. The van der Waals surface area contributed by atoms with Crippen LogP contribution >= 0.6 is 0 Å². The Balaban J connectivity index is 1.34. The molecule has 0 spiro atoms. The fourth-order valence-corrected chi connectivity index (χ4v) is 6.89. The van der Waals surface area contributed by atoms with Gasteiger partial charge in [-0.1, -0.05) is 55.0 Å². The third-order valence-electron chi connectivity index (χ3n) is 8.69. The lowest BCUT2D eigenvalue weighted by atomic mass is 9.54. The number of ketones is 2. The number of allylic oxidation sites excluding steroid dienone is 2. The Hall–Kier alpha value is -3.81. The zero-order valence-corrected chi connectivity index (χ0v) is 22.5. The van der Waals surface area contributed by atoms with Gasteiger partial charge in [0.05, 0.1) is 11.8 Å². The van der Waals surface area contributed by atoms with Crippen LogP contribution in [-0.2, 0) is 4.65 Å². The summed E-state index contributed by atoms with van der Waals surface area (Å²) in [6, 6.07) is 20.0. The number of carbonyl (C=O) groups is 2. The van der Waals surface area contributed by atoms with Gasteiger partial charge in [0, 0.05) is 29.2 Å². The lowest BCUT2D eigenvalue weighted by Crippen LogP contribution is -2.50. The van der Waals surface area contributed by atoms with Crippen molar-refractivity contribution in [3.05, 3.63) is 106 Å². The summed E-state index contributed by atoms with van der Waals surface area (Å²) in [6.07, 6.45) is 6.33. The quantitative estimate of drug-likeness (QED) is 0.297. The van der Waals surface area contributed by atoms with Gasteiger partial charge in [-0.15, -0.1) is 0 Å². The van der Waals surface area contributed by atoms with E-state index in [0.29, 0.717) is 36.7 Å². The van der Waals surface area contributed by atoms with Crippen LogP contribution in [0.2, 0.25) is 6.32 Å². The first kappa shape index (κ1) is 26.4. The summed E-state index contributed by atoms with van der Waals surface area (Å²) in [5.74, 6) is -0.844. The van der Waals surface area contributed by atoms with E-state index in [1.165, 1.54) is 5.57 Å². The number of aromatic hydroxyl groups is 1. The molecule has 0 amide bonds. The molecule has 1 fully saturated rings. The van der Waals surface area contributed by atoms with E-state index < -0.39 is 19.0 Å². The van der Waals surface area contributed by atoms with Gasteiger partial charge in [-0.3, -0.25) is 14.6 Å². The summed E-state index contributed by atoms with van der Waals surface area (Å²) in [4.78, 5) is 31.9. The lowest BCUT2D eigenvalue weighted by molar-refractivity contribution is 0.0600. The summed E-state index contributed by atoms with van der Waals surface area (Å²) < 4.78 is 6.17. The molecule has 1 saturated heterocycles. The molecule has 0 unspecified atom stereocenters. The maximum absolute atomic E-state index is 13.8. The second kappa shape index (κ2) is 11.0. The number of hydrogen-bond donors (Lipinski definition) is 2. The van der Waals surface area contributed by atoms with Crippen LogP contribution in [0.4, 0.5) is 0 Å². The first-order valence-electron chi connectivity index (χ1n) is 14.1. The van der Waals surface area contributed by atoms with Crippen molar-refractivity contribution in [3.63, 3.8) is 0 Å². The topological polar surface area (TPSA) is 96.7 Å². The van der Waals surface area contributed by atoms with Crippen LogP contribution in [-0.4, -0.2) is 39.9 Å². The number of phenols is 1. The van der Waals surface area contributed by atoms with Crippen molar-refractivity contribution in [3.8, 4) is 5.75 Å². The van der Waals surface area contributed by atoms with Crippen molar-refractivity contribution >= 4 is 30.3 Å². The molecule has 3 aromatic rings. The maximum Gasteiger partial charge on any atom is 0.455 e. The van der Waals surface area contributed by atoms with E-state index in [1.807, 2.05) is 42.5 Å². The van der Waals surface area contributed by atoms with E-state index in [1.54, 1.807) is 30.5 Å². The minimum atomic E-state index is -1.00. The predicted molar refractivity (Wildman–Crippen MR) is 155 cm³/mol. The minimum Gasteiger partial charge on any atom is -0.508 e. The average molecular weight is 533 g/mol. The molecule has 0 bridgehead atoms. The van der Waals surface area contributed by atoms with Crippen LogP contribution < -0.4 is 0 Å². The van der Waals surface area contributed by atoms with Gasteiger partial charge in [-0.25, -0.2) is 0 Å². The molecule has 40 heavy (non-hydrogen) atoms. The molecule has 3 aliphatic rings. The van der Waals surface area contributed by atoms with E-state index in [4.69, 9.17) is 4.65 Å². The molecule has 2 aromatic carbocycles. The molecular weight excluding hydrogens is 501 g/mol. The summed E-state index contributed by atoms with van der Waals surface area (Å²) in [7, 11) is -1.00. The molecule has 202 valence electrons. The van der Waals surface area contributed by atoms with Crippen LogP contribution in [0, 0.1) is 17.8 Å². The van der Waals surface area contributed by atoms with E-state index in [-0.39, 0.29) is 29.3 Å². The molecule has 2 heterocycles. The van der Waals surface area contributed by atoms with E-state index in [0.717, 1.165) is 28.8 Å². The van der Waals surface area contributed by atoms with Crippen LogP contribution in [0.15, 0.2) is 84.1 Å². The zero-order valence-electron chi connectivity index (χ0n) is 22.5. The molecule has 0 saturated carbocycles. The van der Waals surface area contributed by atoms with Crippen molar-refractivity contribution in [2.24, 2.45) is 17.8 Å². The fraction of sp³-hybridized carbons (Fsp3) is 0.303. The van der Waals surface area contributed by atoms with Gasteiger partial charge in [0.15, 0.2) is 11.6 Å². The van der Waals surface area contributed by atoms with Gasteiger partial charge in [-0.05, 0) is 85.0 Å². The van der Waals surface area contributed by atoms with Crippen molar-refractivity contribution in [2.45, 2.75) is 45.0 Å². The Bertz CT molecular complexity index is 1500. The molecule has 2 aliphatic carbocycles. The van der Waals surface area contributed by atoms with Gasteiger partial charge < -0.3 is 14.8 Å². The van der Waals surface area contributed by atoms with E-state index >= 15 is 0 Å². The second-order valence-corrected chi connectivity index (χ2v) is 11.0. The number of aromatic nitrogens is 1. The fourth-order valence-electron chi connectivity index (χ4n) is 6.89. The second-order valence-electron chi connectivity index (χ2n) is 11.0. The number of nitrogens with zero attached hydrogens (tertiary/aromatic N) is 1. The minimum absolute atomic E-state index is 0.00658. The Labute approximate surface area is 234 Å². The molecule has 4 atom stereocenters. The number of Topliss-reactive ketones (excluding diaryl/α,β-unsaturated/α-hetero) is 2. The molecule has 1 aliphatic heterocycles. The van der Waals surface area contributed by atoms with Crippen molar-refractivity contribution < 1.29 is 24.4 Å². The van der Waals surface area contributed by atoms with Crippen molar-refractivity contribution in [1.29, 1.82) is 0 Å². The molecule has 2 N–H and O–H groups in total. The first-order valence-corrected chi connectivity index (χ1v) is 14.1. The summed E-state index contributed by atoms with van der Waals surface area (Å²) in [5.41, 5.74) is 6.10. The van der Waals surface area contributed by atoms with Gasteiger partial charge in [0.25, 0.3) is 0 Å². The highest BCUT2D eigenvalue weighted by molar-refractivity contribution is 6.43. The molecular formula is C33H32BNO5. The number of rotatable bonds is 6. The average Bonchev–Trinajstić information content (AvgIpc) is 2.98. The first-order chi connectivity index (χ1) is 19.4. The van der Waals surface area contributed by atoms with Gasteiger partial charge in [-0.2, -0.15) is 0 Å². The van der Waals surface area contributed by atoms with Gasteiger partial charge in [0.1, 0.15) is 5.75 Å². The molecule has 6 nitrogen and oxygen atoms in total. The number of fused-ring (bicyclic) bond motifs is 4. The normalized spacial score (nSPS) is 24.4. The largest absolute Gasteiger partial charge is 0.508 e. The predicted octanol–water partition coefficient (Wildman–Crippen LogP) is 6.03. The number of pyridine rings is 1. The SMILES string of the molecule is CCC1=C2[C@@H](CC/C(=C/c3ccc(O)cc3)c3ccccn3)OB(O)C[C@@H]2[C@@H]2C(=O)c3ccccc3C(=O)[C@@H]2C1. The van der Waals surface area contributed by atoms with E-state index in [9.17, 15) is 19.7 Å². The van der Waals surface area contributed by atoms with Gasteiger partial charge in [0.2, 0.25) is 0 Å². The van der Waals surface area contributed by atoms with Crippen molar-refractivity contribution in [2.75, 3.05) is 0 Å². The van der Waals surface area contributed by atoms with Crippen LogP contribution in [0.5, 0.6) is 5.75 Å². The number of phenolic OH excluding ortho intramolecular Hbond substituents is 1.